The summed E-state index contributed by atoms with van der Waals surface area (Å²) in [6.45, 7) is -0.262. The zero-order valence-corrected chi connectivity index (χ0v) is 12.0. The van der Waals surface area contributed by atoms with Crippen molar-refractivity contribution in [3.05, 3.63) is 63.5 Å². The van der Waals surface area contributed by atoms with Crippen LogP contribution in [0.4, 0.5) is 0 Å². The molecule has 0 bridgehead atoms. The highest BCUT2D eigenvalue weighted by molar-refractivity contribution is 14.1. The lowest BCUT2D eigenvalue weighted by Crippen LogP contribution is -2.14. The number of carbonyl (C=O) groups excluding carboxylic acids is 2. The number of halogens is 1. The van der Waals surface area contributed by atoms with Gasteiger partial charge in [-0.1, -0.05) is 12.1 Å². The quantitative estimate of drug-likeness (QED) is 0.474. The molecule has 0 spiro atoms. The summed E-state index contributed by atoms with van der Waals surface area (Å²) < 4.78 is 6.00. The molecule has 19 heavy (non-hydrogen) atoms. The van der Waals surface area contributed by atoms with Crippen LogP contribution in [0.2, 0.25) is 0 Å². The van der Waals surface area contributed by atoms with Gasteiger partial charge in [0.25, 0.3) is 0 Å². The zero-order chi connectivity index (χ0) is 13.7. The second-order valence-electron chi connectivity index (χ2n) is 3.74. The first-order chi connectivity index (χ1) is 9.16. The Labute approximate surface area is 124 Å². The molecule has 0 aliphatic heterocycles. The van der Waals surface area contributed by atoms with Gasteiger partial charge in [0, 0.05) is 21.5 Å². The second kappa shape index (κ2) is 6.42. The smallest absolute Gasteiger partial charge is 0.338 e. The molecular formula is C14H10INO3. The van der Waals surface area contributed by atoms with Crippen LogP contribution in [-0.2, 0) is 4.74 Å². The van der Waals surface area contributed by atoms with Gasteiger partial charge < -0.3 is 4.74 Å². The van der Waals surface area contributed by atoms with Crippen molar-refractivity contribution in [2.75, 3.05) is 6.61 Å². The summed E-state index contributed by atoms with van der Waals surface area (Å²) in [6, 6.07) is 10.2. The fourth-order valence-electron chi connectivity index (χ4n) is 1.42. The Hall–Kier alpha value is -1.76. The van der Waals surface area contributed by atoms with Crippen molar-refractivity contribution in [1.82, 2.24) is 4.98 Å². The number of ether oxygens (including phenoxy) is 1. The molecule has 0 atom stereocenters. The minimum absolute atomic E-state index is 0.223. The molecule has 0 saturated carbocycles. The van der Waals surface area contributed by atoms with Crippen LogP contribution in [0, 0.1) is 3.57 Å². The van der Waals surface area contributed by atoms with Crippen LogP contribution >= 0.6 is 22.6 Å². The molecule has 5 heteroatoms. The van der Waals surface area contributed by atoms with E-state index in [1.165, 1.54) is 24.5 Å². The van der Waals surface area contributed by atoms with Gasteiger partial charge in [-0.05, 0) is 46.9 Å². The van der Waals surface area contributed by atoms with Crippen molar-refractivity contribution in [1.29, 1.82) is 0 Å². The summed E-state index contributed by atoms with van der Waals surface area (Å²) in [5.74, 6) is -0.750. The summed E-state index contributed by atoms with van der Waals surface area (Å²) in [5.41, 5.74) is 0.911. The number of rotatable bonds is 4. The maximum atomic E-state index is 11.8. The summed E-state index contributed by atoms with van der Waals surface area (Å²) >= 11 is 2.16. The van der Waals surface area contributed by atoms with Gasteiger partial charge in [-0.2, -0.15) is 0 Å². The van der Waals surface area contributed by atoms with Crippen LogP contribution in [0.15, 0.2) is 48.8 Å². The molecule has 4 nitrogen and oxygen atoms in total. The average Bonchev–Trinajstić information content (AvgIpc) is 2.46. The first kappa shape index (κ1) is 13.7. The number of pyridine rings is 1. The van der Waals surface area contributed by atoms with E-state index < -0.39 is 5.97 Å². The topological polar surface area (TPSA) is 56.3 Å². The van der Waals surface area contributed by atoms with Crippen molar-refractivity contribution >= 4 is 34.3 Å². The van der Waals surface area contributed by atoms with E-state index in [1.807, 2.05) is 12.1 Å². The molecule has 0 amide bonds. The highest BCUT2D eigenvalue weighted by atomic mass is 127. The third kappa shape index (κ3) is 3.85. The standard InChI is InChI=1S/C14H10INO3/c15-12-3-1-10(2-4-12)13(17)9-19-14(18)11-5-7-16-8-6-11/h1-8H,9H2. The molecule has 1 aromatic heterocycles. The van der Waals surface area contributed by atoms with Gasteiger partial charge in [0.15, 0.2) is 12.4 Å². The number of esters is 1. The molecule has 0 aliphatic carbocycles. The predicted molar refractivity (Wildman–Crippen MR) is 78.0 cm³/mol. The number of hydrogen-bond donors (Lipinski definition) is 0. The van der Waals surface area contributed by atoms with Crippen molar-refractivity contribution in [3.8, 4) is 0 Å². The minimum Gasteiger partial charge on any atom is -0.454 e. The monoisotopic (exact) mass is 367 g/mol. The zero-order valence-electron chi connectivity index (χ0n) is 9.88. The van der Waals surface area contributed by atoms with Gasteiger partial charge in [-0.25, -0.2) is 4.79 Å². The molecule has 0 aliphatic rings. The van der Waals surface area contributed by atoms with Crippen LogP contribution in [0.5, 0.6) is 0 Å². The van der Waals surface area contributed by atoms with E-state index in [9.17, 15) is 9.59 Å². The van der Waals surface area contributed by atoms with E-state index in [-0.39, 0.29) is 12.4 Å². The molecule has 2 aromatic rings. The third-order valence-electron chi connectivity index (χ3n) is 2.42. The van der Waals surface area contributed by atoms with Crippen LogP contribution in [0.25, 0.3) is 0 Å². The van der Waals surface area contributed by atoms with E-state index in [0.717, 1.165) is 3.57 Å². The van der Waals surface area contributed by atoms with Crippen LogP contribution in [0.1, 0.15) is 20.7 Å². The van der Waals surface area contributed by atoms with Crippen LogP contribution in [-0.4, -0.2) is 23.3 Å². The molecule has 1 aromatic carbocycles. The Balaban J connectivity index is 1.94. The number of ketones is 1. The van der Waals surface area contributed by atoms with Gasteiger partial charge in [0.05, 0.1) is 5.56 Å². The molecular weight excluding hydrogens is 357 g/mol. The van der Waals surface area contributed by atoms with Crippen molar-refractivity contribution < 1.29 is 14.3 Å². The number of hydrogen-bond acceptors (Lipinski definition) is 4. The minimum atomic E-state index is -0.527. The highest BCUT2D eigenvalue weighted by Crippen LogP contribution is 2.08. The third-order valence-corrected chi connectivity index (χ3v) is 3.14. The maximum Gasteiger partial charge on any atom is 0.338 e. The SMILES string of the molecule is O=C(COC(=O)c1ccncc1)c1ccc(I)cc1. The molecule has 2 rings (SSSR count). The molecule has 0 N–H and O–H groups in total. The van der Waals surface area contributed by atoms with E-state index in [2.05, 4.69) is 27.6 Å². The summed E-state index contributed by atoms with van der Waals surface area (Å²) in [6.07, 6.45) is 3.00. The van der Waals surface area contributed by atoms with Crippen LogP contribution < -0.4 is 0 Å². The largest absolute Gasteiger partial charge is 0.454 e. The Morgan fingerprint density at radius 1 is 1.00 bits per heavy atom. The van der Waals surface area contributed by atoms with Gasteiger partial charge in [-0.15, -0.1) is 0 Å². The number of aromatic nitrogens is 1. The Morgan fingerprint density at radius 3 is 2.26 bits per heavy atom. The number of benzene rings is 1. The first-order valence-corrected chi connectivity index (χ1v) is 6.60. The Kier molecular flexibility index (Phi) is 4.62. The van der Waals surface area contributed by atoms with E-state index >= 15 is 0 Å². The summed E-state index contributed by atoms with van der Waals surface area (Å²) in [4.78, 5) is 27.2. The Bertz CT molecular complexity index is 581. The number of Topliss-reactive ketones (excluding diaryl/α,β-unsaturated/α-hetero) is 1. The summed E-state index contributed by atoms with van der Waals surface area (Å²) in [7, 11) is 0. The van der Waals surface area contributed by atoms with Gasteiger partial charge in [0.1, 0.15) is 0 Å². The normalized spacial score (nSPS) is 9.95. The highest BCUT2D eigenvalue weighted by Gasteiger charge is 2.11. The second-order valence-corrected chi connectivity index (χ2v) is 4.99. The van der Waals surface area contributed by atoms with E-state index in [0.29, 0.717) is 11.1 Å². The van der Waals surface area contributed by atoms with Crippen molar-refractivity contribution in [2.45, 2.75) is 0 Å². The molecule has 0 fully saturated rings. The van der Waals surface area contributed by atoms with Gasteiger partial charge in [0.2, 0.25) is 0 Å². The van der Waals surface area contributed by atoms with Gasteiger partial charge >= 0.3 is 5.97 Å². The fourth-order valence-corrected chi connectivity index (χ4v) is 1.78. The maximum absolute atomic E-state index is 11.8. The van der Waals surface area contributed by atoms with Crippen molar-refractivity contribution in [3.63, 3.8) is 0 Å². The lowest BCUT2D eigenvalue weighted by atomic mass is 10.1. The van der Waals surface area contributed by atoms with Gasteiger partial charge in [-0.3, -0.25) is 9.78 Å². The number of nitrogens with zero attached hydrogens (tertiary/aromatic N) is 1. The Morgan fingerprint density at radius 2 is 1.63 bits per heavy atom. The van der Waals surface area contributed by atoms with E-state index in [4.69, 9.17) is 4.74 Å². The molecule has 0 unspecified atom stereocenters. The predicted octanol–water partition coefficient (Wildman–Crippen LogP) is 2.73. The molecule has 1 heterocycles. The average molecular weight is 367 g/mol. The first-order valence-electron chi connectivity index (χ1n) is 5.53. The van der Waals surface area contributed by atoms with Crippen LogP contribution in [0.3, 0.4) is 0 Å². The summed E-state index contributed by atoms with van der Waals surface area (Å²) in [5, 5.41) is 0. The molecule has 0 radical (unpaired) electrons. The molecule has 0 saturated heterocycles. The fraction of sp³-hybridized carbons (Fsp3) is 0.0714. The lowest BCUT2D eigenvalue weighted by Gasteiger charge is -2.04. The van der Waals surface area contributed by atoms with E-state index in [1.54, 1.807) is 12.1 Å². The molecule has 96 valence electrons. The number of carbonyl (C=O) groups is 2. The van der Waals surface area contributed by atoms with Crippen molar-refractivity contribution in [2.24, 2.45) is 0 Å². The lowest BCUT2D eigenvalue weighted by molar-refractivity contribution is 0.0474.